The van der Waals surface area contributed by atoms with Crippen LogP contribution in [-0.4, -0.2) is 33.8 Å². The van der Waals surface area contributed by atoms with Gasteiger partial charge in [0.1, 0.15) is 10.8 Å². The van der Waals surface area contributed by atoms with Crippen LogP contribution in [-0.2, 0) is 4.74 Å². The number of aromatic nitrogens is 3. The van der Waals surface area contributed by atoms with Crippen LogP contribution in [0.3, 0.4) is 0 Å². The zero-order valence-electron chi connectivity index (χ0n) is 9.09. The van der Waals surface area contributed by atoms with Crippen LogP contribution in [0.25, 0.3) is 5.65 Å². The van der Waals surface area contributed by atoms with Crippen molar-refractivity contribution in [3.63, 3.8) is 0 Å². The first-order chi connectivity index (χ1) is 7.81. The highest BCUT2D eigenvalue weighted by Gasteiger charge is 2.06. The molecule has 0 atom stereocenters. The Hall–Kier alpha value is -1.27. The first-order valence-electron chi connectivity index (χ1n) is 5.02. The van der Waals surface area contributed by atoms with Gasteiger partial charge >= 0.3 is 0 Å². The molecule has 0 aliphatic rings. The van der Waals surface area contributed by atoms with Gasteiger partial charge in [-0.2, -0.15) is 0 Å². The third-order valence-corrected chi connectivity index (χ3v) is 3.13. The molecule has 86 valence electrons. The SMILES string of the molecule is COCCCSc1nc(N)cn2ccnc12. The number of anilines is 1. The summed E-state index contributed by atoms with van der Waals surface area (Å²) < 4.78 is 6.89. The molecule has 0 unspecified atom stereocenters. The van der Waals surface area contributed by atoms with Gasteiger partial charge in [-0.1, -0.05) is 0 Å². The minimum Gasteiger partial charge on any atom is -0.385 e. The molecule has 0 saturated carbocycles. The highest BCUT2D eigenvalue weighted by molar-refractivity contribution is 7.99. The number of nitrogen functional groups attached to an aromatic ring is 1. The van der Waals surface area contributed by atoms with Crippen molar-refractivity contribution < 1.29 is 4.74 Å². The molecule has 2 N–H and O–H groups in total. The molecule has 0 saturated heterocycles. The summed E-state index contributed by atoms with van der Waals surface area (Å²) in [7, 11) is 1.70. The topological polar surface area (TPSA) is 65.4 Å². The normalized spacial score (nSPS) is 11.1. The maximum absolute atomic E-state index is 5.72. The minimum atomic E-state index is 0.514. The molecule has 0 fully saturated rings. The average Bonchev–Trinajstić information content (AvgIpc) is 2.72. The Morgan fingerprint density at radius 3 is 3.25 bits per heavy atom. The van der Waals surface area contributed by atoms with E-state index in [4.69, 9.17) is 10.5 Å². The van der Waals surface area contributed by atoms with Crippen molar-refractivity contribution in [3.05, 3.63) is 18.6 Å². The molecule has 2 aromatic rings. The standard InChI is InChI=1S/C10H14N4OS/c1-15-5-2-6-16-10-9-12-3-4-14(9)7-8(11)13-10/h3-4,7H,2,5-6,11H2,1H3. The maximum Gasteiger partial charge on any atom is 0.169 e. The van der Waals surface area contributed by atoms with E-state index in [1.165, 1.54) is 0 Å². The summed E-state index contributed by atoms with van der Waals surface area (Å²) in [5, 5.41) is 0.876. The average molecular weight is 238 g/mol. The van der Waals surface area contributed by atoms with Crippen molar-refractivity contribution in [1.82, 2.24) is 14.4 Å². The summed E-state index contributed by atoms with van der Waals surface area (Å²) in [6, 6.07) is 0. The van der Waals surface area contributed by atoms with Crippen LogP contribution in [0, 0.1) is 0 Å². The third kappa shape index (κ3) is 2.45. The van der Waals surface area contributed by atoms with Crippen molar-refractivity contribution in [2.75, 3.05) is 25.2 Å². The van der Waals surface area contributed by atoms with E-state index in [9.17, 15) is 0 Å². The van der Waals surface area contributed by atoms with Crippen molar-refractivity contribution in [2.45, 2.75) is 11.4 Å². The van der Waals surface area contributed by atoms with Crippen LogP contribution in [0.1, 0.15) is 6.42 Å². The van der Waals surface area contributed by atoms with E-state index in [0.29, 0.717) is 5.82 Å². The Morgan fingerprint density at radius 2 is 2.44 bits per heavy atom. The number of fused-ring (bicyclic) bond motifs is 1. The zero-order chi connectivity index (χ0) is 11.4. The number of thioether (sulfide) groups is 1. The van der Waals surface area contributed by atoms with Gasteiger partial charge in [-0.3, -0.25) is 0 Å². The smallest absolute Gasteiger partial charge is 0.169 e. The molecule has 0 radical (unpaired) electrons. The van der Waals surface area contributed by atoms with E-state index >= 15 is 0 Å². The Bertz CT molecular complexity index is 471. The Labute approximate surface area is 98.0 Å². The number of imidazole rings is 1. The molecule has 0 aliphatic carbocycles. The molecule has 2 heterocycles. The lowest BCUT2D eigenvalue weighted by Gasteiger charge is -2.04. The summed E-state index contributed by atoms with van der Waals surface area (Å²) >= 11 is 1.65. The summed E-state index contributed by atoms with van der Waals surface area (Å²) in [5.41, 5.74) is 6.57. The predicted octanol–water partition coefficient (Wildman–Crippen LogP) is 1.44. The second-order valence-electron chi connectivity index (χ2n) is 3.32. The van der Waals surface area contributed by atoms with Crippen LogP contribution in [0.4, 0.5) is 5.82 Å². The van der Waals surface area contributed by atoms with Gasteiger partial charge in [0.15, 0.2) is 5.65 Å². The quantitative estimate of drug-likeness (QED) is 0.630. The number of ether oxygens (including phenoxy) is 1. The fourth-order valence-electron chi connectivity index (χ4n) is 1.39. The molecule has 0 bridgehead atoms. The van der Waals surface area contributed by atoms with Crippen LogP contribution < -0.4 is 5.73 Å². The Balaban J connectivity index is 2.12. The van der Waals surface area contributed by atoms with E-state index in [-0.39, 0.29) is 0 Å². The van der Waals surface area contributed by atoms with Crippen LogP contribution in [0.15, 0.2) is 23.6 Å². The van der Waals surface area contributed by atoms with Gasteiger partial charge in [0.2, 0.25) is 0 Å². The molecule has 2 rings (SSSR count). The molecule has 16 heavy (non-hydrogen) atoms. The lowest BCUT2D eigenvalue weighted by Crippen LogP contribution is -1.98. The van der Waals surface area contributed by atoms with E-state index in [2.05, 4.69) is 9.97 Å². The van der Waals surface area contributed by atoms with Crippen molar-refractivity contribution in [3.8, 4) is 0 Å². The van der Waals surface area contributed by atoms with E-state index in [1.807, 2.05) is 10.6 Å². The third-order valence-electron chi connectivity index (χ3n) is 2.09. The molecule has 6 heteroatoms. The van der Waals surface area contributed by atoms with Crippen molar-refractivity contribution in [1.29, 1.82) is 0 Å². The lowest BCUT2D eigenvalue weighted by molar-refractivity contribution is 0.200. The minimum absolute atomic E-state index is 0.514. The second-order valence-corrected chi connectivity index (χ2v) is 4.41. The molecule has 0 aliphatic heterocycles. The highest BCUT2D eigenvalue weighted by Crippen LogP contribution is 2.22. The van der Waals surface area contributed by atoms with Crippen LogP contribution in [0.5, 0.6) is 0 Å². The van der Waals surface area contributed by atoms with Gasteiger partial charge in [0.25, 0.3) is 0 Å². The Kier molecular flexibility index (Phi) is 3.63. The monoisotopic (exact) mass is 238 g/mol. The summed E-state index contributed by atoms with van der Waals surface area (Å²) in [5.74, 6) is 1.46. The highest BCUT2D eigenvalue weighted by atomic mass is 32.2. The molecule has 0 amide bonds. The van der Waals surface area contributed by atoms with E-state index in [1.54, 1.807) is 31.3 Å². The van der Waals surface area contributed by atoms with Crippen molar-refractivity contribution >= 4 is 23.2 Å². The van der Waals surface area contributed by atoms with Gasteiger partial charge in [0.05, 0.1) is 6.20 Å². The van der Waals surface area contributed by atoms with Crippen molar-refractivity contribution in [2.24, 2.45) is 0 Å². The van der Waals surface area contributed by atoms with Gasteiger partial charge < -0.3 is 14.9 Å². The van der Waals surface area contributed by atoms with Crippen LogP contribution >= 0.6 is 11.8 Å². The molecule has 0 spiro atoms. The van der Waals surface area contributed by atoms with Gasteiger partial charge in [0, 0.05) is 31.9 Å². The molecule has 0 aromatic carbocycles. The molecule has 5 nitrogen and oxygen atoms in total. The number of hydrogen-bond donors (Lipinski definition) is 1. The summed E-state index contributed by atoms with van der Waals surface area (Å²) in [6.07, 6.45) is 6.37. The fraction of sp³-hybridized carbons (Fsp3) is 0.400. The largest absolute Gasteiger partial charge is 0.385 e. The fourth-order valence-corrected chi connectivity index (χ4v) is 2.30. The van der Waals surface area contributed by atoms with Crippen LogP contribution in [0.2, 0.25) is 0 Å². The second kappa shape index (κ2) is 5.18. The van der Waals surface area contributed by atoms with Gasteiger partial charge in [-0.25, -0.2) is 9.97 Å². The Morgan fingerprint density at radius 1 is 1.56 bits per heavy atom. The maximum atomic E-state index is 5.72. The van der Waals surface area contributed by atoms with E-state index < -0.39 is 0 Å². The zero-order valence-corrected chi connectivity index (χ0v) is 9.91. The summed E-state index contributed by atoms with van der Waals surface area (Å²) in [4.78, 5) is 8.54. The first kappa shape index (κ1) is 11.2. The lowest BCUT2D eigenvalue weighted by atomic mass is 10.5. The molecule has 2 aromatic heterocycles. The van der Waals surface area contributed by atoms with E-state index in [0.717, 1.165) is 29.5 Å². The number of rotatable bonds is 5. The molecular formula is C10H14N4OS. The molecular weight excluding hydrogens is 224 g/mol. The number of methoxy groups -OCH3 is 1. The summed E-state index contributed by atoms with van der Waals surface area (Å²) in [6.45, 7) is 0.764. The predicted molar refractivity (Wildman–Crippen MR) is 64.6 cm³/mol. The number of nitrogens with two attached hydrogens (primary N) is 1. The number of hydrogen-bond acceptors (Lipinski definition) is 5. The van der Waals surface area contributed by atoms with Gasteiger partial charge in [-0.15, -0.1) is 11.8 Å². The first-order valence-corrected chi connectivity index (χ1v) is 6.01. The van der Waals surface area contributed by atoms with Gasteiger partial charge in [-0.05, 0) is 6.42 Å². The number of nitrogens with zero attached hydrogens (tertiary/aromatic N) is 3.